The highest BCUT2D eigenvalue weighted by Crippen LogP contribution is 2.19. The van der Waals surface area contributed by atoms with Crippen LogP contribution in [0.25, 0.3) is 11.0 Å². The van der Waals surface area contributed by atoms with Crippen LogP contribution in [0.1, 0.15) is 22.3 Å². The van der Waals surface area contributed by atoms with Crippen molar-refractivity contribution in [2.24, 2.45) is 0 Å². The Kier molecular flexibility index (Phi) is 4.29. The van der Waals surface area contributed by atoms with Gasteiger partial charge in [-0.2, -0.15) is 0 Å². The van der Waals surface area contributed by atoms with Crippen LogP contribution in [-0.2, 0) is 6.54 Å². The van der Waals surface area contributed by atoms with Crippen LogP contribution in [0.15, 0.2) is 41.8 Å². The molecule has 0 unspecified atom stereocenters. The number of carbonyl (C=O) groups excluding carboxylic acids is 1. The molecule has 1 amide bonds. The zero-order valence-corrected chi connectivity index (χ0v) is 12.9. The SMILES string of the molecule is CCOc1nc2ccccc2nc1C(=O)NCc1cccs1. The number of hydrogen-bond acceptors (Lipinski definition) is 5. The Labute approximate surface area is 132 Å². The van der Waals surface area contributed by atoms with E-state index in [0.717, 1.165) is 4.88 Å². The van der Waals surface area contributed by atoms with E-state index in [4.69, 9.17) is 4.74 Å². The van der Waals surface area contributed by atoms with E-state index in [1.807, 2.05) is 48.7 Å². The summed E-state index contributed by atoms with van der Waals surface area (Å²) < 4.78 is 5.47. The van der Waals surface area contributed by atoms with Crippen molar-refractivity contribution >= 4 is 28.3 Å². The van der Waals surface area contributed by atoms with Gasteiger partial charge in [-0.3, -0.25) is 4.79 Å². The standard InChI is InChI=1S/C16H15N3O2S/c1-2-21-16-14(15(20)17-10-11-6-5-9-22-11)18-12-7-3-4-8-13(12)19-16/h3-9H,2,10H2,1H3,(H,17,20). The molecule has 0 aliphatic rings. The fraction of sp³-hybridized carbons (Fsp3) is 0.188. The molecule has 22 heavy (non-hydrogen) atoms. The van der Waals surface area contributed by atoms with E-state index in [1.165, 1.54) is 0 Å². The molecule has 112 valence electrons. The molecule has 0 spiro atoms. The molecule has 1 N–H and O–H groups in total. The minimum Gasteiger partial charge on any atom is -0.476 e. The van der Waals surface area contributed by atoms with E-state index in [2.05, 4.69) is 15.3 Å². The first-order valence-corrected chi connectivity index (χ1v) is 7.86. The highest BCUT2D eigenvalue weighted by atomic mass is 32.1. The Morgan fingerprint density at radius 1 is 1.18 bits per heavy atom. The van der Waals surface area contributed by atoms with Crippen LogP contribution in [0, 0.1) is 0 Å². The topological polar surface area (TPSA) is 64.1 Å². The van der Waals surface area contributed by atoms with E-state index in [9.17, 15) is 4.79 Å². The van der Waals surface area contributed by atoms with Crippen molar-refractivity contribution in [1.82, 2.24) is 15.3 Å². The van der Waals surface area contributed by atoms with Gasteiger partial charge in [-0.25, -0.2) is 9.97 Å². The molecule has 1 aromatic carbocycles. The number of nitrogens with one attached hydrogen (secondary N) is 1. The van der Waals surface area contributed by atoms with E-state index < -0.39 is 0 Å². The molecule has 5 nitrogen and oxygen atoms in total. The summed E-state index contributed by atoms with van der Waals surface area (Å²) in [7, 11) is 0. The predicted octanol–water partition coefficient (Wildman–Crippen LogP) is 3.02. The van der Waals surface area contributed by atoms with Crippen molar-refractivity contribution in [2.45, 2.75) is 13.5 Å². The normalized spacial score (nSPS) is 10.6. The summed E-state index contributed by atoms with van der Waals surface area (Å²) in [4.78, 5) is 22.3. The first-order valence-electron chi connectivity index (χ1n) is 6.98. The maximum Gasteiger partial charge on any atom is 0.275 e. The summed E-state index contributed by atoms with van der Waals surface area (Å²) in [5, 5.41) is 4.83. The summed E-state index contributed by atoms with van der Waals surface area (Å²) in [6.07, 6.45) is 0. The van der Waals surface area contributed by atoms with Gasteiger partial charge in [0.2, 0.25) is 5.88 Å². The number of fused-ring (bicyclic) bond motifs is 1. The third-order valence-electron chi connectivity index (χ3n) is 3.04. The minimum absolute atomic E-state index is 0.220. The Bertz CT molecular complexity index is 787. The molecule has 0 fully saturated rings. The minimum atomic E-state index is -0.282. The van der Waals surface area contributed by atoms with Crippen LogP contribution >= 0.6 is 11.3 Å². The van der Waals surface area contributed by atoms with Crippen LogP contribution in [-0.4, -0.2) is 22.5 Å². The molecule has 0 bridgehead atoms. The molecule has 6 heteroatoms. The molecule has 3 rings (SSSR count). The molecule has 0 atom stereocenters. The number of para-hydroxylation sites is 2. The number of carbonyl (C=O) groups is 1. The second kappa shape index (κ2) is 6.53. The fourth-order valence-electron chi connectivity index (χ4n) is 2.03. The smallest absolute Gasteiger partial charge is 0.275 e. The van der Waals surface area contributed by atoms with Gasteiger partial charge in [0.25, 0.3) is 5.91 Å². The van der Waals surface area contributed by atoms with E-state index >= 15 is 0 Å². The average Bonchev–Trinajstić information content (AvgIpc) is 3.06. The molecule has 0 saturated heterocycles. The zero-order chi connectivity index (χ0) is 15.4. The number of rotatable bonds is 5. The lowest BCUT2D eigenvalue weighted by Gasteiger charge is -2.10. The van der Waals surface area contributed by atoms with Gasteiger partial charge in [0.15, 0.2) is 5.69 Å². The van der Waals surface area contributed by atoms with E-state index in [1.54, 1.807) is 11.3 Å². The molecule has 0 aliphatic carbocycles. The van der Waals surface area contributed by atoms with E-state index in [-0.39, 0.29) is 17.5 Å². The summed E-state index contributed by atoms with van der Waals surface area (Å²) in [6.45, 7) is 2.75. The zero-order valence-electron chi connectivity index (χ0n) is 12.1. The maximum absolute atomic E-state index is 12.4. The van der Waals surface area contributed by atoms with Crippen LogP contribution in [0.4, 0.5) is 0 Å². The van der Waals surface area contributed by atoms with E-state index in [0.29, 0.717) is 24.2 Å². The Hall–Kier alpha value is -2.47. The van der Waals surface area contributed by atoms with Crippen molar-refractivity contribution in [2.75, 3.05) is 6.61 Å². The van der Waals surface area contributed by atoms with Crippen LogP contribution in [0.5, 0.6) is 5.88 Å². The Balaban J connectivity index is 1.89. The van der Waals surface area contributed by atoms with Gasteiger partial charge >= 0.3 is 0 Å². The summed E-state index contributed by atoms with van der Waals surface area (Å²) in [6, 6.07) is 11.3. The third-order valence-corrected chi connectivity index (χ3v) is 3.91. The lowest BCUT2D eigenvalue weighted by Crippen LogP contribution is -2.24. The number of amides is 1. The van der Waals surface area contributed by atoms with Crippen molar-refractivity contribution in [3.05, 3.63) is 52.3 Å². The molecule has 2 aromatic heterocycles. The van der Waals surface area contributed by atoms with Crippen molar-refractivity contribution in [3.63, 3.8) is 0 Å². The van der Waals surface area contributed by atoms with Crippen LogP contribution in [0.2, 0.25) is 0 Å². The lowest BCUT2D eigenvalue weighted by atomic mass is 10.3. The van der Waals surface area contributed by atoms with Crippen molar-refractivity contribution < 1.29 is 9.53 Å². The highest BCUT2D eigenvalue weighted by Gasteiger charge is 2.17. The molecule has 0 saturated carbocycles. The van der Waals surface area contributed by atoms with Crippen molar-refractivity contribution in [3.8, 4) is 5.88 Å². The molecular weight excluding hydrogens is 298 g/mol. The fourth-order valence-corrected chi connectivity index (χ4v) is 2.68. The molecule has 2 heterocycles. The average molecular weight is 313 g/mol. The van der Waals surface area contributed by atoms with Gasteiger partial charge in [0.05, 0.1) is 24.2 Å². The highest BCUT2D eigenvalue weighted by molar-refractivity contribution is 7.09. The van der Waals surface area contributed by atoms with Gasteiger partial charge in [0, 0.05) is 4.88 Å². The summed E-state index contributed by atoms with van der Waals surface area (Å²) in [5.41, 5.74) is 1.60. The molecule has 0 radical (unpaired) electrons. The predicted molar refractivity (Wildman–Crippen MR) is 86.2 cm³/mol. The second-order valence-corrected chi connectivity index (χ2v) is 5.59. The van der Waals surface area contributed by atoms with Gasteiger partial charge in [-0.05, 0) is 30.5 Å². The summed E-state index contributed by atoms with van der Waals surface area (Å²) in [5.74, 6) is -0.0139. The monoisotopic (exact) mass is 313 g/mol. The first-order chi connectivity index (χ1) is 10.8. The van der Waals surface area contributed by atoms with Gasteiger partial charge in [-0.1, -0.05) is 18.2 Å². The Morgan fingerprint density at radius 3 is 2.64 bits per heavy atom. The number of aromatic nitrogens is 2. The Morgan fingerprint density at radius 2 is 1.95 bits per heavy atom. The van der Waals surface area contributed by atoms with Gasteiger partial charge in [-0.15, -0.1) is 11.3 Å². The van der Waals surface area contributed by atoms with Crippen molar-refractivity contribution in [1.29, 1.82) is 0 Å². The molecular formula is C16H15N3O2S. The second-order valence-electron chi connectivity index (χ2n) is 4.56. The van der Waals surface area contributed by atoms with Gasteiger partial charge < -0.3 is 10.1 Å². The number of thiophene rings is 1. The van der Waals surface area contributed by atoms with Crippen LogP contribution < -0.4 is 10.1 Å². The number of hydrogen-bond donors (Lipinski definition) is 1. The molecule has 0 aliphatic heterocycles. The number of nitrogens with zero attached hydrogens (tertiary/aromatic N) is 2. The number of benzene rings is 1. The number of ether oxygens (including phenoxy) is 1. The van der Waals surface area contributed by atoms with Crippen LogP contribution in [0.3, 0.4) is 0 Å². The molecule has 3 aromatic rings. The maximum atomic E-state index is 12.4. The first kappa shape index (κ1) is 14.5. The third kappa shape index (κ3) is 3.07. The lowest BCUT2D eigenvalue weighted by molar-refractivity contribution is 0.0941. The van der Waals surface area contributed by atoms with Gasteiger partial charge in [0.1, 0.15) is 0 Å². The summed E-state index contributed by atoms with van der Waals surface area (Å²) >= 11 is 1.60. The quantitative estimate of drug-likeness (QED) is 0.786. The largest absolute Gasteiger partial charge is 0.476 e.